The van der Waals surface area contributed by atoms with E-state index in [1.165, 1.54) is 6.07 Å². The number of alkyl halides is 3. The molecule has 0 spiro atoms. The first-order valence-electron chi connectivity index (χ1n) is 5.19. The Balaban J connectivity index is 2.16. The van der Waals surface area contributed by atoms with Gasteiger partial charge in [-0.15, -0.1) is 0 Å². The Morgan fingerprint density at radius 2 is 2.18 bits per heavy atom. The first-order valence-corrected chi connectivity index (χ1v) is 5.19. The van der Waals surface area contributed by atoms with Gasteiger partial charge in [0.1, 0.15) is 5.75 Å². The minimum absolute atomic E-state index is 0.173. The van der Waals surface area contributed by atoms with Crippen LogP contribution in [0.1, 0.15) is 5.56 Å². The van der Waals surface area contributed by atoms with Crippen molar-refractivity contribution in [2.75, 3.05) is 18.5 Å². The number of fused-ring (bicyclic) bond motifs is 1. The molecular formula is C11H12F3NO2. The number of halogens is 3. The van der Waals surface area contributed by atoms with E-state index in [-0.39, 0.29) is 5.75 Å². The number of benzene rings is 1. The Hall–Kier alpha value is -1.43. The standard InChI is InChI=1S/C11H12F3NO2/c12-11(13,14)6-17-9-3-1-2-7-4-8(16)5-15-10(7)9/h1-3,8,15-16H,4-6H2. The summed E-state index contributed by atoms with van der Waals surface area (Å²) < 4.78 is 40.9. The highest BCUT2D eigenvalue weighted by atomic mass is 19.4. The summed E-state index contributed by atoms with van der Waals surface area (Å²) in [4.78, 5) is 0. The number of hydrogen-bond donors (Lipinski definition) is 2. The molecule has 1 aliphatic rings. The van der Waals surface area contributed by atoms with Gasteiger partial charge >= 0.3 is 6.18 Å². The van der Waals surface area contributed by atoms with Gasteiger partial charge in [0.15, 0.2) is 6.61 Å². The van der Waals surface area contributed by atoms with E-state index in [0.717, 1.165) is 5.56 Å². The Kier molecular flexibility index (Phi) is 3.15. The number of nitrogens with one attached hydrogen (secondary N) is 1. The molecule has 1 heterocycles. The summed E-state index contributed by atoms with van der Waals surface area (Å²) in [5.41, 5.74) is 1.31. The second kappa shape index (κ2) is 4.44. The molecule has 3 nitrogen and oxygen atoms in total. The highest BCUT2D eigenvalue weighted by Crippen LogP contribution is 2.33. The van der Waals surface area contributed by atoms with Crippen LogP contribution in [-0.2, 0) is 6.42 Å². The number of ether oxygens (including phenoxy) is 1. The molecule has 1 aromatic rings. The van der Waals surface area contributed by atoms with E-state index in [9.17, 15) is 18.3 Å². The van der Waals surface area contributed by atoms with Crippen LogP contribution in [-0.4, -0.2) is 30.5 Å². The first kappa shape index (κ1) is 12.0. The zero-order valence-electron chi connectivity index (χ0n) is 8.92. The quantitative estimate of drug-likeness (QED) is 0.839. The summed E-state index contributed by atoms with van der Waals surface area (Å²) in [5.74, 6) is 0.173. The van der Waals surface area contributed by atoms with Gasteiger partial charge in [0.05, 0.1) is 11.8 Å². The van der Waals surface area contributed by atoms with E-state index >= 15 is 0 Å². The van der Waals surface area contributed by atoms with E-state index in [0.29, 0.717) is 18.7 Å². The van der Waals surface area contributed by atoms with Crippen molar-refractivity contribution < 1.29 is 23.0 Å². The number of aliphatic hydroxyl groups is 1. The van der Waals surface area contributed by atoms with E-state index in [4.69, 9.17) is 4.74 Å². The first-order chi connectivity index (χ1) is 7.96. The van der Waals surface area contributed by atoms with Gasteiger partial charge in [-0.3, -0.25) is 0 Å². The van der Waals surface area contributed by atoms with Crippen molar-refractivity contribution in [3.05, 3.63) is 23.8 Å². The Labute approximate surface area is 96.2 Å². The molecular weight excluding hydrogens is 235 g/mol. The van der Waals surface area contributed by atoms with Crippen molar-refractivity contribution in [3.63, 3.8) is 0 Å². The topological polar surface area (TPSA) is 41.5 Å². The number of hydrogen-bond acceptors (Lipinski definition) is 3. The van der Waals surface area contributed by atoms with Crippen LogP contribution in [0.25, 0.3) is 0 Å². The van der Waals surface area contributed by atoms with Gasteiger partial charge in [-0.05, 0) is 11.6 Å². The molecule has 0 fully saturated rings. The number of anilines is 1. The van der Waals surface area contributed by atoms with Crippen molar-refractivity contribution in [2.45, 2.75) is 18.7 Å². The Morgan fingerprint density at radius 1 is 1.41 bits per heavy atom. The maximum Gasteiger partial charge on any atom is 0.422 e. The van der Waals surface area contributed by atoms with Crippen LogP contribution < -0.4 is 10.1 Å². The van der Waals surface area contributed by atoms with Crippen LogP contribution in [0.5, 0.6) is 5.75 Å². The van der Waals surface area contributed by atoms with Crippen molar-refractivity contribution in [3.8, 4) is 5.75 Å². The summed E-state index contributed by atoms with van der Waals surface area (Å²) in [6, 6.07) is 4.85. The molecule has 1 aliphatic heterocycles. The third-order valence-corrected chi connectivity index (χ3v) is 2.47. The molecule has 94 valence electrons. The van der Waals surface area contributed by atoms with Crippen LogP contribution in [0.2, 0.25) is 0 Å². The van der Waals surface area contributed by atoms with Crippen molar-refractivity contribution in [2.24, 2.45) is 0 Å². The lowest BCUT2D eigenvalue weighted by atomic mass is 10.0. The summed E-state index contributed by atoms with van der Waals surface area (Å²) in [5, 5.41) is 12.3. The monoisotopic (exact) mass is 247 g/mol. The molecule has 1 unspecified atom stereocenters. The van der Waals surface area contributed by atoms with Gasteiger partial charge in [-0.1, -0.05) is 12.1 Å². The van der Waals surface area contributed by atoms with Gasteiger partial charge in [-0.2, -0.15) is 13.2 Å². The molecule has 0 bridgehead atoms. The molecule has 0 radical (unpaired) electrons. The van der Waals surface area contributed by atoms with Crippen LogP contribution >= 0.6 is 0 Å². The summed E-state index contributed by atoms with van der Waals surface area (Å²) >= 11 is 0. The molecule has 1 aromatic carbocycles. The summed E-state index contributed by atoms with van der Waals surface area (Å²) in [7, 11) is 0. The Bertz CT molecular complexity index is 406. The van der Waals surface area contributed by atoms with Gasteiger partial charge in [0.25, 0.3) is 0 Å². The lowest BCUT2D eigenvalue weighted by Crippen LogP contribution is -2.28. The van der Waals surface area contributed by atoms with Crippen LogP contribution in [0.15, 0.2) is 18.2 Å². The van der Waals surface area contributed by atoms with Crippen molar-refractivity contribution in [1.29, 1.82) is 0 Å². The maximum atomic E-state index is 12.1. The minimum Gasteiger partial charge on any atom is -0.482 e. The predicted molar refractivity (Wildman–Crippen MR) is 56.2 cm³/mol. The average molecular weight is 247 g/mol. The number of aliphatic hydroxyl groups excluding tert-OH is 1. The fourth-order valence-electron chi connectivity index (χ4n) is 1.77. The predicted octanol–water partition coefficient (Wildman–Crippen LogP) is 1.96. The van der Waals surface area contributed by atoms with Crippen molar-refractivity contribution in [1.82, 2.24) is 0 Å². The highest BCUT2D eigenvalue weighted by molar-refractivity contribution is 5.63. The molecule has 17 heavy (non-hydrogen) atoms. The van der Waals surface area contributed by atoms with E-state index < -0.39 is 18.9 Å². The largest absolute Gasteiger partial charge is 0.482 e. The second-order valence-electron chi connectivity index (χ2n) is 3.93. The molecule has 2 N–H and O–H groups in total. The normalized spacial score (nSPS) is 19.4. The third-order valence-electron chi connectivity index (χ3n) is 2.47. The third kappa shape index (κ3) is 3.03. The smallest absolute Gasteiger partial charge is 0.422 e. The molecule has 1 atom stereocenters. The molecule has 2 rings (SSSR count). The lowest BCUT2D eigenvalue weighted by molar-refractivity contribution is -0.153. The molecule has 6 heteroatoms. The van der Waals surface area contributed by atoms with E-state index in [2.05, 4.69) is 5.32 Å². The van der Waals surface area contributed by atoms with Crippen LogP contribution in [0, 0.1) is 0 Å². The van der Waals surface area contributed by atoms with E-state index in [1.807, 2.05) is 0 Å². The summed E-state index contributed by atoms with van der Waals surface area (Å²) in [6.45, 7) is -0.993. The minimum atomic E-state index is -4.35. The lowest BCUT2D eigenvalue weighted by Gasteiger charge is -2.24. The fourth-order valence-corrected chi connectivity index (χ4v) is 1.77. The fraction of sp³-hybridized carbons (Fsp3) is 0.455. The van der Waals surface area contributed by atoms with Crippen LogP contribution in [0.3, 0.4) is 0 Å². The zero-order valence-corrected chi connectivity index (χ0v) is 8.92. The highest BCUT2D eigenvalue weighted by Gasteiger charge is 2.29. The number of para-hydroxylation sites is 1. The van der Waals surface area contributed by atoms with Crippen molar-refractivity contribution >= 4 is 5.69 Å². The zero-order chi connectivity index (χ0) is 12.5. The van der Waals surface area contributed by atoms with Crippen LogP contribution in [0.4, 0.5) is 18.9 Å². The SMILES string of the molecule is OC1CNc2c(cccc2OCC(F)(F)F)C1. The van der Waals surface area contributed by atoms with Gasteiger partial charge < -0.3 is 15.2 Å². The Morgan fingerprint density at radius 3 is 2.88 bits per heavy atom. The molecule has 0 saturated heterocycles. The average Bonchev–Trinajstić information content (AvgIpc) is 2.24. The molecule has 0 aliphatic carbocycles. The van der Waals surface area contributed by atoms with Gasteiger partial charge in [0.2, 0.25) is 0 Å². The second-order valence-corrected chi connectivity index (χ2v) is 3.93. The number of rotatable bonds is 2. The van der Waals surface area contributed by atoms with Gasteiger partial charge in [0, 0.05) is 13.0 Å². The summed E-state index contributed by atoms with van der Waals surface area (Å²) in [6.07, 6.45) is -4.44. The molecule has 0 saturated carbocycles. The molecule has 0 amide bonds. The maximum absolute atomic E-state index is 12.1. The van der Waals surface area contributed by atoms with E-state index in [1.54, 1.807) is 12.1 Å². The number of β-amino-alcohol motifs (C(OH)–C–C–N with tert-alkyl or cyclic N) is 1. The molecule has 0 aromatic heterocycles. The van der Waals surface area contributed by atoms with Gasteiger partial charge in [-0.25, -0.2) is 0 Å².